The highest BCUT2D eigenvalue weighted by Crippen LogP contribution is 2.55. The second kappa shape index (κ2) is 11.2. The molecule has 1 N–H and O–H groups in total. The molecule has 2 aromatic heterocycles. The number of piperidine rings is 1. The molecule has 1 saturated carbocycles. The highest BCUT2D eigenvalue weighted by Gasteiger charge is 2.55. The van der Waals surface area contributed by atoms with Crippen molar-refractivity contribution in [3.63, 3.8) is 0 Å². The van der Waals surface area contributed by atoms with Gasteiger partial charge in [0, 0.05) is 92.2 Å². The van der Waals surface area contributed by atoms with E-state index in [0.29, 0.717) is 43.1 Å². The summed E-state index contributed by atoms with van der Waals surface area (Å²) in [4.78, 5) is 31.6. The number of rotatable bonds is 5. The summed E-state index contributed by atoms with van der Waals surface area (Å²) in [7, 11) is 1.79. The Balaban J connectivity index is 1.09. The van der Waals surface area contributed by atoms with Gasteiger partial charge >= 0.3 is 0 Å². The Bertz CT molecular complexity index is 1680. The standard InChI is InChI=1S/C34H42F2N8O2/c1-21(45)41-11-7-29-28(18-41)32(39-44(29)25-14-34(15-25)19-42(20-34)33(46)22-5-8-37-9-6-22)43-10-3-4-23-12-26(24-16-38-40(2)17-24)27(31(35)36)13-30(23)43/h12-13,16-17,22,25,31,37H,3-11,14-15,18-20H2,1-2H3. The minimum Gasteiger partial charge on any atom is -0.341 e. The highest BCUT2D eigenvalue weighted by atomic mass is 19.3. The molecule has 6 heterocycles. The first-order chi connectivity index (χ1) is 22.2. The molecule has 244 valence electrons. The van der Waals surface area contributed by atoms with Crippen molar-refractivity contribution in [2.24, 2.45) is 18.4 Å². The third-order valence-corrected chi connectivity index (χ3v) is 11.1. The number of aryl methyl sites for hydroxylation is 2. The number of carbonyl (C=O) groups is 2. The molecule has 3 aromatic rings. The number of nitrogens with one attached hydrogen (secondary N) is 1. The second-order valence-corrected chi connectivity index (χ2v) is 14.2. The van der Waals surface area contributed by atoms with Crippen LogP contribution in [-0.2, 0) is 36.0 Å². The Kier molecular flexibility index (Phi) is 7.19. The van der Waals surface area contributed by atoms with Crippen LogP contribution in [-0.4, -0.2) is 80.4 Å². The smallest absolute Gasteiger partial charge is 0.264 e. The largest absolute Gasteiger partial charge is 0.341 e. The molecule has 5 aliphatic rings. The zero-order chi connectivity index (χ0) is 31.7. The number of halogens is 2. The van der Waals surface area contributed by atoms with Crippen LogP contribution < -0.4 is 10.2 Å². The fourth-order valence-corrected chi connectivity index (χ4v) is 8.69. The number of hydrogen-bond acceptors (Lipinski definition) is 6. The second-order valence-electron chi connectivity index (χ2n) is 14.2. The highest BCUT2D eigenvalue weighted by molar-refractivity contribution is 5.80. The molecule has 12 heteroatoms. The molecule has 2 saturated heterocycles. The topological polar surface area (TPSA) is 91.5 Å². The predicted octanol–water partition coefficient (Wildman–Crippen LogP) is 4.37. The van der Waals surface area contributed by atoms with Crippen molar-refractivity contribution < 1.29 is 18.4 Å². The number of alkyl halides is 2. The van der Waals surface area contributed by atoms with E-state index in [0.717, 1.165) is 93.0 Å². The van der Waals surface area contributed by atoms with Gasteiger partial charge in [-0.2, -0.15) is 10.2 Å². The van der Waals surface area contributed by atoms with Crippen molar-refractivity contribution in [3.05, 3.63) is 46.9 Å². The van der Waals surface area contributed by atoms with E-state index in [9.17, 15) is 18.4 Å². The molecule has 1 aromatic carbocycles. The van der Waals surface area contributed by atoms with Gasteiger partial charge in [0.05, 0.1) is 18.8 Å². The van der Waals surface area contributed by atoms with E-state index in [4.69, 9.17) is 5.10 Å². The van der Waals surface area contributed by atoms with E-state index in [1.807, 2.05) is 11.0 Å². The zero-order valence-electron chi connectivity index (χ0n) is 26.6. The van der Waals surface area contributed by atoms with Gasteiger partial charge in [-0.05, 0) is 74.9 Å². The molecule has 3 fully saturated rings. The molecule has 0 unspecified atom stereocenters. The van der Waals surface area contributed by atoms with Crippen molar-refractivity contribution in [2.45, 2.75) is 70.9 Å². The van der Waals surface area contributed by atoms with Crippen LogP contribution in [0.3, 0.4) is 0 Å². The van der Waals surface area contributed by atoms with Crippen LogP contribution in [0.4, 0.5) is 20.3 Å². The van der Waals surface area contributed by atoms with Gasteiger partial charge in [-0.25, -0.2) is 8.78 Å². The number of anilines is 2. The van der Waals surface area contributed by atoms with Crippen molar-refractivity contribution in [1.29, 1.82) is 0 Å². The molecular formula is C34H42F2N8O2. The van der Waals surface area contributed by atoms with Gasteiger partial charge in [0.1, 0.15) is 0 Å². The van der Waals surface area contributed by atoms with Gasteiger partial charge in [-0.3, -0.25) is 19.0 Å². The van der Waals surface area contributed by atoms with E-state index in [1.54, 1.807) is 37.1 Å². The van der Waals surface area contributed by atoms with Gasteiger partial charge in [0.2, 0.25) is 11.8 Å². The summed E-state index contributed by atoms with van der Waals surface area (Å²) in [6.45, 7) is 6.88. The van der Waals surface area contributed by atoms with Crippen molar-refractivity contribution in [2.75, 3.05) is 44.2 Å². The van der Waals surface area contributed by atoms with Crippen LogP contribution in [0.5, 0.6) is 0 Å². The fraction of sp³-hybridized carbons (Fsp3) is 0.588. The maximum Gasteiger partial charge on any atom is 0.264 e. The Morgan fingerprint density at radius 1 is 1.07 bits per heavy atom. The molecule has 1 aliphatic carbocycles. The Morgan fingerprint density at radius 3 is 2.54 bits per heavy atom. The molecule has 2 amide bonds. The fourth-order valence-electron chi connectivity index (χ4n) is 8.69. The predicted molar refractivity (Wildman–Crippen MR) is 169 cm³/mol. The monoisotopic (exact) mass is 632 g/mol. The molecule has 4 aliphatic heterocycles. The first-order valence-corrected chi connectivity index (χ1v) is 16.8. The number of benzene rings is 1. The third-order valence-electron chi connectivity index (χ3n) is 11.1. The molecule has 0 atom stereocenters. The van der Waals surface area contributed by atoms with Gasteiger partial charge in [-0.1, -0.05) is 0 Å². The molecule has 1 spiro atoms. The average Bonchev–Trinajstić information content (AvgIpc) is 3.62. The molecule has 10 nitrogen and oxygen atoms in total. The minimum atomic E-state index is -2.64. The van der Waals surface area contributed by atoms with E-state index in [-0.39, 0.29) is 28.8 Å². The lowest BCUT2D eigenvalue weighted by Gasteiger charge is -2.59. The van der Waals surface area contributed by atoms with Crippen LogP contribution in [0.1, 0.15) is 73.9 Å². The van der Waals surface area contributed by atoms with E-state index >= 15 is 0 Å². The Morgan fingerprint density at radius 2 is 1.85 bits per heavy atom. The summed E-state index contributed by atoms with van der Waals surface area (Å²) >= 11 is 0. The molecule has 46 heavy (non-hydrogen) atoms. The number of amides is 2. The lowest BCUT2D eigenvalue weighted by Crippen LogP contribution is -2.65. The van der Waals surface area contributed by atoms with E-state index in [2.05, 4.69) is 24.9 Å². The molecule has 0 bridgehead atoms. The van der Waals surface area contributed by atoms with Crippen LogP contribution in [0, 0.1) is 11.3 Å². The quantitative estimate of drug-likeness (QED) is 0.450. The number of hydrogen-bond donors (Lipinski definition) is 1. The van der Waals surface area contributed by atoms with Crippen LogP contribution in [0.25, 0.3) is 11.1 Å². The van der Waals surface area contributed by atoms with Gasteiger partial charge in [0.15, 0.2) is 5.82 Å². The Hall–Kier alpha value is -3.80. The van der Waals surface area contributed by atoms with Crippen LogP contribution >= 0.6 is 0 Å². The number of fused-ring (bicyclic) bond motifs is 2. The van der Waals surface area contributed by atoms with E-state index < -0.39 is 6.43 Å². The summed E-state index contributed by atoms with van der Waals surface area (Å²) in [5.41, 5.74) is 5.34. The van der Waals surface area contributed by atoms with Gasteiger partial charge in [-0.15, -0.1) is 0 Å². The summed E-state index contributed by atoms with van der Waals surface area (Å²) in [5, 5.41) is 12.8. The number of likely N-dealkylation sites (tertiary alicyclic amines) is 1. The maximum absolute atomic E-state index is 14.6. The zero-order valence-corrected chi connectivity index (χ0v) is 26.6. The van der Waals surface area contributed by atoms with Gasteiger partial charge in [0.25, 0.3) is 6.43 Å². The average molecular weight is 633 g/mol. The summed E-state index contributed by atoms with van der Waals surface area (Å²) in [5.74, 6) is 1.28. The Labute approximate surface area is 267 Å². The summed E-state index contributed by atoms with van der Waals surface area (Å²) in [6.07, 6.45) is 6.97. The van der Waals surface area contributed by atoms with Crippen LogP contribution in [0.2, 0.25) is 0 Å². The SMILES string of the molecule is CC(=O)N1CCc2c(c(N3CCCc4cc(-c5cnn(C)c5)c(C(F)F)cc43)nn2C2CC3(C2)CN(C(=O)C2CCNCC2)C3)C1. The lowest BCUT2D eigenvalue weighted by molar-refractivity contribution is -0.159. The van der Waals surface area contributed by atoms with Crippen LogP contribution in [0.15, 0.2) is 24.5 Å². The maximum atomic E-state index is 14.6. The summed E-state index contributed by atoms with van der Waals surface area (Å²) < 4.78 is 32.9. The lowest BCUT2D eigenvalue weighted by atomic mass is 9.60. The first-order valence-electron chi connectivity index (χ1n) is 16.8. The number of aromatic nitrogens is 4. The molecule has 0 radical (unpaired) electrons. The van der Waals surface area contributed by atoms with Crippen molar-refractivity contribution in [1.82, 2.24) is 34.7 Å². The van der Waals surface area contributed by atoms with Crippen molar-refractivity contribution in [3.8, 4) is 11.1 Å². The minimum absolute atomic E-state index is 0.00757. The molecule has 8 rings (SSSR count). The molecular weight excluding hydrogens is 590 g/mol. The first kappa shape index (κ1) is 29.6. The number of carbonyl (C=O) groups excluding carboxylic acids is 2. The van der Waals surface area contributed by atoms with E-state index in [1.165, 1.54) is 0 Å². The third kappa shape index (κ3) is 4.91. The summed E-state index contributed by atoms with van der Waals surface area (Å²) in [6, 6.07) is 3.80. The van der Waals surface area contributed by atoms with Crippen molar-refractivity contribution >= 4 is 23.3 Å². The number of nitrogens with zero attached hydrogens (tertiary/aromatic N) is 7. The normalized spacial score (nSPS) is 21.3. The van der Waals surface area contributed by atoms with Gasteiger partial charge < -0.3 is 20.0 Å².